The first-order valence-corrected chi connectivity index (χ1v) is 8.23. The number of carbonyl (C=O) groups is 1. The monoisotopic (exact) mass is 338 g/mol. The minimum absolute atomic E-state index is 0.0198. The van der Waals surface area contributed by atoms with Gasteiger partial charge in [0.05, 0.1) is 20.6 Å². The molecule has 0 bridgehead atoms. The molecule has 0 aliphatic rings. The largest absolute Gasteiger partial charge is 0.493 e. The van der Waals surface area contributed by atoms with E-state index >= 15 is 0 Å². The predicted octanol–water partition coefficient (Wildman–Crippen LogP) is 3.09. The zero-order chi connectivity index (χ0) is 17.6. The van der Waals surface area contributed by atoms with Crippen molar-refractivity contribution < 1.29 is 14.3 Å². The summed E-state index contributed by atoms with van der Waals surface area (Å²) < 4.78 is 10.5. The van der Waals surface area contributed by atoms with Gasteiger partial charge < -0.3 is 19.8 Å². The first-order valence-electron chi connectivity index (χ1n) is 8.23. The molecule has 2 aromatic carbocycles. The van der Waals surface area contributed by atoms with Crippen LogP contribution < -0.4 is 14.8 Å². The second-order valence-electron chi connectivity index (χ2n) is 5.87. The molecule has 5 nitrogen and oxygen atoms in total. The maximum atomic E-state index is 12.1. The fourth-order valence-corrected chi connectivity index (χ4v) is 2.84. The lowest BCUT2D eigenvalue weighted by Crippen LogP contribution is -2.27. The van der Waals surface area contributed by atoms with Gasteiger partial charge >= 0.3 is 0 Å². The van der Waals surface area contributed by atoms with E-state index in [1.807, 2.05) is 48.7 Å². The third-order valence-electron chi connectivity index (χ3n) is 4.17. The third kappa shape index (κ3) is 4.12. The Kier molecular flexibility index (Phi) is 5.23. The Bertz CT molecular complexity index is 870. The van der Waals surface area contributed by atoms with E-state index in [-0.39, 0.29) is 5.91 Å². The second kappa shape index (κ2) is 7.75. The molecule has 0 radical (unpaired) electrons. The van der Waals surface area contributed by atoms with Crippen molar-refractivity contribution in [1.82, 2.24) is 10.3 Å². The zero-order valence-corrected chi connectivity index (χ0v) is 14.5. The van der Waals surface area contributed by atoms with E-state index < -0.39 is 0 Å². The molecular formula is C20H22N2O3. The molecule has 0 saturated carbocycles. The highest BCUT2D eigenvalue weighted by molar-refractivity contribution is 5.83. The minimum Gasteiger partial charge on any atom is -0.493 e. The third-order valence-corrected chi connectivity index (χ3v) is 4.17. The molecule has 0 aliphatic carbocycles. The van der Waals surface area contributed by atoms with E-state index in [4.69, 9.17) is 9.47 Å². The Balaban J connectivity index is 1.52. The molecule has 1 aromatic heterocycles. The molecule has 0 saturated heterocycles. The van der Waals surface area contributed by atoms with Crippen LogP contribution in [0.3, 0.4) is 0 Å². The normalized spacial score (nSPS) is 10.6. The lowest BCUT2D eigenvalue weighted by molar-refractivity contribution is -0.120. The molecule has 3 aromatic rings. The molecule has 0 aliphatic heterocycles. The van der Waals surface area contributed by atoms with Crippen molar-refractivity contribution in [1.29, 1.82) is 0 Å². The van der Waals surface area contributed by atoms with Crippen molar-refractivity contribution >= 4 is 16.8 Å². The average Bonchev–Trinajstić information content (AvgIpc) is 3.09. The lowest BCUT2D eigenvalue weighted by Gasteiger charge is -2.10. The van der Waals surface area contributed by atoms with Crippen molar-refractivity contribution in [2.75, 3.05) is 20.8 Å². The maximum Gasteiger partial charge on any atom is 0.224 e. The number of fused-ring (bicyclic) bond motifs is 1. The number of benzene rings is 2. The van der Waals surface area contributed by atoms with Gasteiger partial charge in [-0.3, -0.25) is 4.79 Å². The van der Waals surface area contributed by atoms with Gasteiger partial charge in [0.15, 0.2) is 11.5 Å². The molecule has 1 amide bonds. The molecule has 0 unspecified atom stereocenters. The van der Waals surface area contributed by atoms with Gasteiger partial charge in [0.2, 0.25) is 5.91 Å². The molecule has 1 heterocycles. The molecule has 3 rings (SSSR count). The molecular weight excluding hydrogens is 316 g/mol. The number of nitrogens with one attached hydrogen (secondary N) is 2. The van der Waals surface area contributed by atoms with Gasteiger partial charge in [-0.25, -0.2) is 0 Å². The summed E-state index contributed by atoms with van der Waals surface area (Å²) in [7, 11) is 3.23. The van der Waals surface area contributed by atoms with E-state index in [1.54, 1.807) is 14.2 Å². The summed E-state index contributed by atoms with van der Waals surface area (Å²) >= 11 is 0. The Labute approximate surface area is 147 Å². The second-order valence-corrected chi connectivity index (χ2v) is 5.87. The van der Waals surface area contributed by atoms with Crippen LogP contribution in [-0.2, 0) is 17.6 Å². The summed E-state index contributed by atoms with van der Waals surface area (Å²) in [4.78, 5) is 15.3. The van der Waals surface area contributed by atoms with Crippen LogP contribution in [0.25, 0.3) is 10.9 Å². The summed E-state index contributed by atoms with van der Waals surface area (Å²) in [5.74, 6) is 1.42. The molecule has 0 spiro atoms. The molecule has 25 heavy (non-hydrogen) atoms. The molecule has 2 N–H and O–H groups in total. The highest BCUT2D eigenvalue weighted by atomic mass is 16.5. The molecule has 5 heteroatoms. The lowest BCUT2D eigenvalue weighted by atomic mass is 10.1. The highest BCUT2D eigenvalue weighted by Gasteiger charge is 2.07. The first-order chi connectivity index (χ1) is 12.2. The summed E-state index contributed by atoms with van der Waals surface area (Å²) in [5, 5.41) is 4.12. The predicted molar refractivity (Wildman–Crippen MR) is 98.3 cm³/mol. The number of aromatic amines is 1. The van der Waals surface area contributed by atoms with Crippen LogP contribution in [0.15, 0.2) is 48.7 Å². The van der Waals surface area contributed by atoms with Gasteiger partial charge in [-0.1, -0.05) is 18.2 Å². The van der Waals surface area contributed by atoms with Crippen LogP contribution in [0.1, 0.15) is 11.1 Å². The number of ether oxygens (including phenoxy) is 2. The van der Waals surface area contributed by atoms with E-state index in [9.17, 15) is 4.79 Å². The molecule has 0 atom stereocenters. The van der Waals surface area contributed by atoms with E-state index in [0.717, 1.165) is 28.5 Å². The Hall–Kier alpha value is -2.95. The first kappa shape index (κ1) is 16.9. The Morgan fingerprint density at radius 1 is 1.00 bits per heavy atom. The van der Waals surface area contributed by atoms with Crippen LogP contribution in [-0.4, -0.2) is 31.7 Å². The van der Waals surface area contributed by atoms with Gasteiger partial charge in [0.1, 0.15) is 0 Å². The SMILES string of the molecule is COc1ccc(CCNC(=O)Cc2ccc3cc[nH]c3c2)cc1OC. The number of amides is 1. The number of methoxy groups -OCH3 is 2. The highest BCUT2D eigenvalue weighted by Crippen LogP contribution is 2.27. The Morgan fingerprint density at radius 3 is 2.60 bits per heavy atom. The van der Waals surface area contributed by atoms with Crippen molar-refractivity contribution in [3.05, 3.63) is 59.8 Å². The number of aromatic nitrogens is 1. The van der Waals surface area contributed by atoms with Crippen molar-refractivity contribution in [3.63, 3.8) is 0 Å². The smallest absolute Gasteiger partial charge is 0.224 e. The van der Waals surface area contributed by atoms with Crippen LogP contribution in [0.5, 0.6) is 11.5 Å². The number of H-pyrrole nitrogens is 1. The summed E-state index contributed by atoms with van der Waals surface area (Å²) in [6, 6.07) is 13.8. The van der Waals surface area contributed by atoms with Crippen molar-refractivity contribution in [2.45, 2.75) is 12.8 Å². The standard InChI is InChI=1S/C20H22N2O3/c1-24-18-6-4-14(12-19(18)25-2)7-9-22-20(23)13-15-3-5-16-8-10-21-17(16)11-15/h3-6,8,10-12,21H,7,9,13H2,1-2H3,(H,22,23). The van der Waals surface area contributed by atoms with Crippen molar-refractivity contribution in [3.8, 4) is 11.5 Å². The van der Waals surface area contributed by atoms with E-state index in [0.29, 0.717) is 24.5 Å². The number of rotatable bonds is 7. The van der Waals surface area contributed by atoms with Crippen LogP contribution in [0.2, 0.25) is 0 Å². The van der Waals surface area contributed by atoms with E-state index in [2.05, 4.69) is 10.3 Å². The fourth-order valence-electron chi connectivity index (χ4n) is 2.84. The zero-order valence-electron chi connectivity index (χ0n) is 14.5. The average molecular weight is 338 g/mol. The summed E-state index contributed by atoms with van der Waals surface area (Å²) in [6.07, 6.45) is 3.01. The number of carbonyl (C=O) groups excluding carboxylic acids is 1. The quantitative estimate of drug-likeness (QED) is 0.696. The maximum absolute atomic E-state index is 12.1. The fraction of sp³-hybridized carbons (Fsp3) is 0.250. The topological polar surface area (TPSA) is 63.3 Å². The van der Waals surface area contributed by atoms with E-state index in [1.165, 1.54) is 0 Å². The summed E-state index contributed by atoms with van der Waals surface area (Å²) in [5.41, 5.74) is 3.14. The number of hydrogen-bond donors (Lipinski definition) is 2. The Morgan fingerprint density at radius 2 is 1.80 bits per heavy atom. The number of hydrogen-bond acceptors (Lipinski definition) is 3. The minimum atomic E-state index is 0.0198. The van der Waals surface area contributed by atoms with Gasteiger partial charge in [-0.15, -0.1) is 0 Å². The van der Waals surface area contributed by atoms with Crippen molar-refractivity contribution in [2.24, 2.45) is 0 Å². The summed E-state index contributed by atoms with van der Waals surface area (Å²) in [6.45, 7) is 0.582. The molecule has 0 fully saturated rings. The van der Waals surface area contributed by atoms with Crippen LogP contribution in [0.4, 0.5) is 0 Å². The molecule has 130 valence electrons. The van der Waals surface area contributed by atoms with Gasteiger partial charge in [-0.2, -0.15) is 0 Å². The van der Waals surface area contributed by atoms with Gasteiger partial charge in [-0.05, 0) is 47.2 Å². The van der Waals surface area contributed by atoms with Gasteiger partial charge in [0, 0.05) is 18.3 Å². The van der Waals surface area contributed by atoms with Crippen LogP contribution >= 0.6 is 0 Å². The van der Waals surface area contributed by atoms with Gasteiger partial charge in [0.25, 0.3) is 0 Å². The van der Waals surface area contributed by atoms with Crippen LogP contribution in [0, 0.1) is 0 Å².